The number of hydrogen-bond acceptors (Lipinski definition) is 4. The molecule has 0 aromatic heterocycles. The smallest absolute Gasteiger partial charge is 0.158 e. The normalized spacial score (nSPS) is 24.0. The molecule has 0 saturated heterocycles. The van der Waals surface area contributed by atoms with Crippen LogP contribution in [0.3, 0.4) is 0 Å². The van der Waals surface area contributed by atoms with E-state index in [4.69, 9.17) is 14.2 Å². The second-order valence-corrected chi connectivity index (χ2v) is 4.33. The van der Waals surface area contributed by atoms with Gasteiger partial charge in [-0.15, -0.1) is 0 Å². The first-order valence-electron chi connectivity index (χ1n) is 6.88. The van der Waals surface area contributed by atoms with Crippen LogP contribution in [0.4, 0.5) is 0 Å². The lowest BCUT2D eigenvalue weighted by molar-refractivity contribution is -0.139. The van der Waals surface area contributed by atoms with Crippen molar-refractivity contribution in [3.8, 4) is 0 Å². The minimum Gasteiger partial charge on any atom is -0.378 e. The quantitative estimate of drug-likeness (QED) is 0.597. The van der Waals surface area contributed by atoms with Crippen LogP contribution in [0.25, 0.3) is 0 Å². The molecule has 0 heterocycles. The molecule has 102 valence electrons. The summed E-state index contributed by atoms with van der Waals surface area (Å²) in [6.07, 6.45) is 3.62. The van der Waals surface area contributed by atoms with Crippen LogP contribution in [0.1, 0.15) is 40.0 Å². The van der Waals surface area contributed by atoms with E-state index in [9.17, 15) is 0 Å². The van der Waals surface area contributed by atoms with Crippen LogP contribution in [0.5, 0.6) is 0 Å². The van der Waals surface area contributed by atoms with Crippen LogP contribution < -0.4 is 5.32 Å². The Bertz CT molecular complexity index is 178. The third-order valence-electron chi connectivity index (χ3n) is 3.02. The van der Waals surface area contributed by atoms with Crippen molar-refractivity contribution >= 4 is 0 Å². The summed E-state index contributed by atoms with van der Waals surface area (Å²) in [6, 6.07) is 0.621. The molecule has 0 aromatic rings. The maximum absolute atomic E-state index is 5.52. The van der Waals surface area contributed by atoms with E-state index >= 15 is 0 Å². The zero-order chi connectivity index (χ0) is 12.5. The van der Waals surface area contributed by atoms with Gasteiger partial charge in [0.05, 0.1) is 6.10 Å². The minimum absolute atomic E-state index is 0.0553. The molecular weight excluding hydrogens is 218 g/mol. The molecule has 4 heteroatoms. The number of ether oxygens (including phenoxy) is 3. The van der Waals surface area contributed by atoms with Crippen molar-refractivity contribution in [2.45, 2.75) is 58.5 Å². The van der Waals surface area contributed by atoms with Gasteiger partial charge in [0.1, 0.15) is 0 Å². The number of nitrogens with one attached hydrogen (secondary N) is 1. The van der Waals surface area contributed by atoms with E-state index < -0.39 is 0 Å². The first kappa shape index (κ1) is 14.9. The van der Waals surface area contributed by atoms with Crippen molar-refractivity contribution in [3.05, 3.63) is 0 Å². The highest BCUT2D eigenvalue weighted by molar-refractivity contribution is 4.85. The van der Waals surface area contributed by atoms with Gasteiger partial charge in [0.15, 0.2) is 6.29 Å². The highest BCUT2D eigenvalue weighted by atomic mass is 16.7. The molecule has 0 aliphatic heterocycles. The van der Waals surface area contributed by atoms with Crippen LogP contribution >= 0.6 is 0 Å². The summed E-state index contributed by atoms with van der Waals surface area (Å²) in [5.74, 6) is 0. The average Bonchev–Trinajstić information content (AvgIpc) is 2.26. The topological polar surface area (TPSA) is 39.7 Å². The maximum atomic E-state index is 5.52. The van der Waals surface area contributed by atoms with Crippen LogP contribution in [0.15, 0.2) is 0 Å². The second-order valence-electron chi connectivity index (χ2n) is 4.33. The van der Waals surface area contributed by atoms with Crippen molar-refractivity contribution in [1.82, 2.24) is 5.32 Å². The van der Waals surface area contributed by atoms with Gasteiger partial charge >= 0.3 is 0 Å². The van der Waals surface area contributed by atoms with Gasteiger partial charge in [0.25, 0.3) is 0 Å². The molecule has 0 radical (unpaired) electrons. The lowest BCUT2D eigenvalue weighted by Gasteiger charge is -2.35. The van der Waals surface area contributed by atoms with Crippen molar-refractivity contribution in [2.75, 3.05) is 26.4 Å². The minimum atomic E-state index is -0.0553. The zero-order valence-electron chi connectivity index (χ0n) is 11.4. The van der Waals surface area contributed by atoms with E-state index in [1.807, 2.05) is 13.8 Å². The number of hydrogen-bond donors (Lipinski definition) is 1. The highest BCUT2D eigenvalue weighted by Crippen LogP contribution is 2.23. The summed E-state index contributed by atoms with van der Waals surface area (Å²) in [5.41, 5.74) is 0. The van der Waals surface area contributed by atoms with E-state index in [1.165, 1.54) is 0 Å². The summed E-state index contributed by atoms with van der Waals surface area (Å²) in [7, 11) is 0. The molecule has 4 nitrogen and oxygen atoms in total. The fraction of sp³-hybridized carbons (Fsp3) is 1.00. The Morgan fingerprint density at radius 3 is 2.24 bits per heavy atom. The molecular formula is C13H27NO3. The van der Waals surface area contributed by atoms with E-state index in [0.717, 1.165) is 32.4 Å². The second kappa shape index (κ2) is 8.86. The van der Waals surface area contributed by atoms with Gasteiger partial charge in [-0.2, -0.15) is 0 Å². The first-order valence-corrected chi connectivity index (χ1v) is 6.88. The average molecular weight is 245 g/mol. The zero-order valence-corrected chi connectivity index (χ0v) is 11.4. The Morgan fingerprint density at radius 2 is 1.71 bits per heavy atom. The van der Waals surface area contributed by atoms with Gasteiger partial charge in [0.2, 0.25) is 0 Å². The van der Waals surface area contributed by atoms with E-state index in [2.05, 4.69) is 12.2 Å². The Hall–Kier alpha value is -0.160. The molecule has 0 unspecified atom stereocenters. The van der Waals surface area contributed by atoms with Crippen LogP contribution in [-0.2, 0) is 14.2 Å². The van der Waals surface area contributed by atoms with Gasteiger partial charge in [-0.05, 0) is 33.6 Å². The van der Waals surface area contributed by atoms with Gasteiger partial charge in [-0.3, -0.25) is 0 Å². The lowest BCUT2D eigenvalue weighted by atomic mass is 9.89. The fourth-order valence-corrected chi connectivity index (χ4v) is 2.10. The monoisotopic (exact) mass is 245 g/mol. The van der Waals surface area contributed by atoms with Gasteiger partial charge in [-0.1, -0.05) is 0 Å². The van der Waals surface area contributed by atoms with Crippen LogP contribution in [0.2, 0.25) is 0 Å². The van der Waals surface area contributed by atoms with Crippen molar-refractivity contribution in [2.24, 2.45) is 0 Å². The summed E-state index contributed by atoms with van der Waals surface area (Å²) < 4.78 is 16.5. The Labute approximate surface area is 105 Å². The van der Waals surface area contributed by atoms with Crippen molar-refractivity contribution in [1.29, 1.82) is 0 Å². The molecule has 1 aliphatic rings. The predicted octanol–water partition coefficient (Wildman–Crippen LogP) is 1.93. The van der Waals surface area contributed by atoms with Crippen LogP contribution in [-0.4, -0.2) is 44.8 Å². The van der Waals surface area contributed by atoms with Gasteiger partial charge in [-0.25, -0.2) is 0 Å². The highest BCUT2D eigenvalue weighted by Gasteiger charge is 2.28. The van der Waals surface area contributed by atoms with E-state index in [0.29, 0.717) is 25.4 Å². The summed E-state index contributed by atoms with van der Waals surface area (Å²) >= 11 is 0. The maximum Gasteiger partial charge on any atom is 0.158 e. The number of rotatable bonds is 10. The van der Waals surface area contributed by atoms with Gasteiger partial charge in [0, 0.05) is 38.8 Å². The van der Waals surface area contributed by atoms with Crippen LogP contribution in [0, 0.1) is 0 Å². The Balaban J connectivity index is 1.99. The third kappa shape index (κ3) is 5.82. The molecule has 0 amide bonds. The molecule has 0 atom stereocenters. The molecule has 1 saturated carbocycles. The molecule has 17 heavy (non-hydrogen) atoms. The SMILES string of the molecule is CCOC1CC(NCCC(OCC)OCC)C1. The lowest BCUT2D eigenvalue weighted by Crippen LogP contribution is -2.46. The first-order chi connectivity index (χ1) is 8.30. The molecule has 1 aliphatic carbocycles. The Kier molecular flexibility index (Phi) is 7.77. The molecule has 1 rings (SSSR count). The molecule has 0 aromatic carbocycles. The molecule has 1 N–H and O–H groups in total. The predicted molar refractivity (Wildman–Crippen MR) is 68.1 cm³/mol. The molecule has 1 fully saturated rings. The third-order valence-corrected chi connectivity index (χ3v) is 3.02. The van der Waals surface area contributed by atoms with Gasteiger partial charge < -0.3 is 19.5 Å². The summed E-state index contributed by atoms with van der Waals surface area (Å²) in [5, 5.41) is 3.51. The summed E-state index contributed by atoms with van der Waals surface area (Å²) in [6.45, 7) is 9.25. The summed E-state index contributed by atoms with van der Waals surface area (Å²) in [4.78, 5) is 0. The van der Waals surface area contributed by atoms with Crippen molar-refractivity contribution in [3.63, 3.8) is 0 Å². The fourth-order valence-electron chi connectivity index (χ4n) is 2.10. The van der Waals surface area contributed by atoms with E-state index in [1.54, 1.807) is 0 Å². The largest absolute Gasteiger partial charge is 0.378 e. The molecule has 0 spiro atoms. The molecule has 0 bridgehead atoms. The van der Waals surface area contributed by atoms with Crippen molar-refractivity contribution < 1.29 is 14.2 Å². The Morgan fingerprint density at radius 1 is 1.06 bits per heavy atom. The van der Waals surface area contributed by atoms with E-state index in [-0.39, 0.29) is 6.29 Å². The standard InChI is InChI=1S/C13H27NO3/c1-4-15-12-9-11(10-12)14-8-7-13(16-5-2)17-6-3/h11-14H,4-10H2,1-3H3.